The van der Waals surface area contributed by atoms with Gasteiger partial charge in [0.25, 0.3) is 5.91 Å². The molecular formula is C42H47N11O3. The Morgan fingerprint density at radius 1 is 0.857 bits per heavy atom. The maximum absolute atomic E-state index is 13.6. The Bertz CT molecular complexity index is 2320. The number of hydrogen-bond acceptors (Lipinski definition) is 11. The van der Waals surface area contributed by atoms with E-state index in [2.05, 4.69) is 70.7 Å². The lowest BCUT2D eigenvalue weighted by Gasteiger charge is -2.38. The van der Waals surface area contributed by atoms with Gasteiger partial charge in [-0.2, -0.15) is 5.10 Å². The molecule has 0 atom stereocenters. The molecule has 14 heteroatoms. The number of rotatable bonds is 8. The molecule has 0 spiro atoms. The van der Waals surface area contributed by atoms with Crippen molar-refractivity contribution in [2.75, 3.05) is 72.4 Å². The summed E-state index contributed by atoms with van der Waals surface area (Å²) in [5.74, 6) is 4.51. The summed E-state index contributed by atoms with van der Waals surface area (Å²) < 4.78 is 3.93. The van der Waals surface area contributed by atoms with Crippen molar-refractivity contribution in [3.8, 4) is 0 Å². The predicted molar refractivity (Wildman–Crippen MR) is 216 cm³/mol. The van der Waals surface area contributed by atoms with E-state index in [4.69, 9.17) is 5.10 Å². The minimum atomic E-state index is -0.200. The van der Waals surface area contributed by atoms with E-state index in [0.29, 0.717) is 41.8 Å². The Hall–Kier alpha value is -5.94. The number of piperidine rings is 3. The van der Waals surface area contributed by atoms with Gasteiger partial charge in [-0.25, -0.2) is 9.59 Å². The third kappa shape index (κ3) is 7.26. The maximum atomic E-state index is 13.6. The van der Waals surface area contributed by atoms with E-state index in [9.17, 15) is 14.4 Å². The van der Waals surface area contributed by atoms with Crippen LogP contribution in [0.5, 0.6) is 0 Å². The first kappa shape index (κ1) is 35.7. The lowest BCUT2D eigenvalue weighted by atomic mass is 9.94. The molecule has 4 fully saturated rings. The summed E-state index contributed by atoms with van der Waals surface area (Å²) in [7, 11) is 0. The molecule has 4 aliphatic heterocycles. The number of anilines is 4. The normalized spacial score (nSPS) is 19.0. The minimum Gasteiger partial charge on any atom is -0.372 e. The summed E-state index contributed by atoms with van der Waals surface area (Å²) in [6, 6.07) is 16.5. The number of aromatic nitrogens is 5. The molecule has 4 saturated heterocycles. The quantitative estimate of drug-likeness (QED) is 0.206. The molecule has 3 aromatic heterocycles. The van der Waals surface area contributed by atoms with Gasteiger partial charge < -0.3 is 30.2 Å². The molecule has 56 heavy (non-hydrogen) atoms. The number of fused-ring (bicyclic) bond motifs is 2. The van der Waals surface area contributed by atoms with Crippen LogP contribution in [0.4, 0.5) is 22.7 Å². The number of pyridine rings is 1. The molecule has 288 valence electrons. The molecular weight excluding hydrogens is 707 g/mol. The van der Waals surface area contributed by atoms with E-state index in [1.807, 2.05) is 41.2 Å². The van der Waals surface area contributed by atoms with Crippen molar-refractivity contribution in [1.29, 1.82) is 0 Å². The summed E-state index contributed by atoms with van der Waals surface area (Å²) in [6.45, 7) is 7.76. The van der Waals surface area contributed by atoms with Crippen LogP contribution in [0.1, 0.15) is 67.8 Å². The molecule has 0 saturated carbocycles. The highest BCUT2D eigenvalue weighted by Gasteiger charge is 2.28. The zero-order chi connectivity index (χ0) is 38.0. The van der Waals surface area contributed by atoms with Gasteiger partial charge in [0, 0.05) is 87.9 Å². The number of carbonyl (C=O) groups excluding carboxylic acids is 3. The second-order valence-corrected chi connectivity index (χ2v) is 15.6. The van der Waals surface area contributed by atoms with Crippen molar-refractivity contribution in [3.63, 3.8) is 0 Å². The molecule has 0 unspecified atom stereocenters. The molecule has 7 heterocycles. The van der Waals surface area contributed by atoms with E-state index in [0.717, 1.165) is 112 Å². The zero-order valence-corrected chi connectivity index (χ0v) is 31.6. The van der Waals surface area contributed by atoms with Crippen LogP contribution in [-0.2, 0) is 9.59 Å². The topological polar surface area (TPSA) is 136 Å². The number of carbonyl (C=O) groups is 1. The minimum absolute atomic E-state index is 0.200. The third-order valence-corrected chi connectivity index (χ3v) is 12.1. The Morgan fingerprint density at radius 3 is 2.41 bits per heavy atom. The van der Waals surface area contributed by atoms with Crippen LogP contribution < -0.4 is 25.3 Å². The number of amides is 1. The molecule has 2 aromatic carbocycles. The lowest BCUT2D eigenvalue weighted by molar-refractivity contribution is 0.102. The lowest BCUT2D eigenvalue weighted by Crippen LogP contribution is -2.42. The van der Waals surface area contributed by atoms with Gasteiger partial charge in [-0.15, -0.1) is 10.2 Å². The first-order valence-corrected chi connectivity index (χ1v) is 20.0. The number of nitrogens with zero attached hydrogens (tertiary/aromatic N) is 9. The van der Waals surface area contributed by atoms with Crippen molar-refractivity contribution in [1.82, 2.24) is 34.6 Å². The van der Waals surface area contributed by atoms with Gasteiger partial charge in [0.05, 0.1) is 28.5 Å². The van der Waals surface area contributed by atoms with Crippen LogP contribution in [0.2, 0.25) is 0 Å². The van der Waals surface area contributed by atoms with Crippen LogP contribution in [-0.4, -0.2) is 99.4 Å². The largest absolute Gasteiger partial charge is 0.372 e. The average molecular weight is 754 g/mol. The standard InChI is InChI=1S/C42H47N11O3/c54-27-32-12-22-52(40(28-55)44-32)34-8-6-33(7-9-34)49-20-10-30(11-21-49)25-48-18-13-35(14-19-48)53-26-31-23-38(39(24-37(31)47-53)50-15-2-1-3-16-50)45-42(56)36-5-4-17-51-29-43-46-41(36)51/h4-9,17,23-24,26,29-30,35,44H,1-3,10-16,18-22,25H2,(H,45,56). The number of benzene rings is 2. The Labute approximate surface area is 325 Å². The molecule has 0 bridgehead atoms. The average Bonchev–Trinajstić information content (AvgIpc) is 3.91. The Kier molecular flexibility index (Phi) is 10.00. The summed E-state index contributed by atoms with van der Waals surface area (Å²) in [5, 5.41) is 20.4. The summed E-state index contributed by atoms with van der Waals surface area (Å²) in [4.78, 5) is 45.5. The van der Waals surface area contributed by atoms with E-state index >= 15 is 0 Å². The van der Waals surface area contributed by atoms with Crippen molar-refractivity contribution < 1.29 is 14.4 Å². The highest BCUT2D eigenvalue weighted by molar-refractivity contribution is 6.10. The number of likely N-dealkylation sites (tertiary alicyclic amines) is 1. The van der Waals surface area contributed by atoms with Crippen LogP contribution in [0.25, 0.3) is 16.6 Å². The molecule has 5 aromatic rings. The fraction of sp³-hybridized carbons (Fsp3) is 0.429. The maximum Gasteiger partial charge on any atom is 0.259 e. The molecule has 9 rings (SSSR count). The van der Waals surface area contributed by atoms with Gasteiger partial charge in [-0.1, -0.05) is 0 Å². The van der Waals surface area contributed by atoms with Gasteiger partial charge in [0.1, 0.15) is 18.0 Å². The summed E-state index contributed by atoms with van der Waals surface area (Å²) in [5.41, 5.74) is 6.29. The zero-order valence-electron chi connectivity index (χ0n) is 31.6. The molecule has 2 N–H and O–H groups in total. The number of nitrogens with one attached hydrogen (secondary N) is 2. The van der Waals surface area contributed by atoms with Gasteiger partial charge in [0.2, 0.25) is 0 Å². The number of hydrogen-bond donors (Lipinski definition) is 2. The second kappa shape index (κ2) is 15.7. The van der Waals surface area contributed by atoms with Crippen molar-refractivity contribution in [3.05, 3.63) is 84.3 Å². The first-order chi connectivity index (χ1) is 27.5. The highest BCUT2D eigenvalue weighted by Crippen LogP contribution is 2.35. The second-order valence-electron chi connectivity index (χ2n) is 15.6. The Morgan fingerprint density at radius 2 is 1.64 bits per heavy atom. The summed E-state index contributed by atoms with van der Waals surface area (Å²) in [6.07, 6.45) is 14.1. The Balaban J connectivity index is 0.807. The van der Waals surface area contributed by atoms with Crippen molar-refractivity contribution >= 4 is 57.1 Å². The van der Waals surface area contributed by atoms with E-state index in [1.165, 1.54) is 12.1 Å². The van der Waals surface area contributed by atoms with Gasteiger partial charge in [-0.05, 0) is 99.4 Å². The summed E-state index contributed by atoms with van der Waals surface area (Å²) >= 11 is 0. The molecule has 14 nitrogen and oxygen atoms in total. The molecule has 0 aliphatic carbocycles. The molecule has 4 aliphatic rings. The van der Waals surface area contributed by atoms with Crippen molar-refractivity contribution in [2.45, 2.75) is 57.4 Å². The van der Waals surface area contributed by atoms with Crippen LogP contribution >= 0.6 is 0 Å². The highest BCUT2D eigenvalue weighted by atomic mass is 16.1. The monoisotopic (exact) mass is 753 g/mol. The van der Waals surface area contributed by atoms with Crippen LogP contribution in [0.3, 0.4) is 0 Å². The van der Waals surface area contributed by atoms with E-state index < -0.39 is 0 Å². The smallest absolute Gasteiger partial charge is 0.259 e. The van der Waals surface area contributed by atoms with E-state index in [-0.39, 0.29) is 11.7 Å². The SMILES string of the molecule is O=C=C1CCN(c2ccc(N3CCC(CN4CCC(n5cc6cc(NC(=O)c7cccn8cnnc78)c(N7CCCCC7)cc6n5)CC4)CC3)cc2)C(=C=O)N1. The fourth-order valence-corrected chi connectivity index (χ4v) is 8.95. The third-order valence-electron chi connectivity index (χ3n) is 12.1. The van der Waals surface area contributed by atoms with Gasteiger partial charge in [-0.3, -0.25) is 13.9 Å². The fourth-order valence-electron chi connectivity index (χ4n) is 8.95. The van der Waals surface area contributed by atoms with Crippen molar-refractivity contribution in [2.24, 2.45) is 5.92 Å². The van der Waals surface area contributed by atoms with Gasteiger partial charge >= 0.3 is 0 Å². The molecule has 1 amide bonds. The molecule has 0 radical (unpaired) electrons. The first-order valence-electron chi connectivity index (χ1n) is 20.0. The van der Waals surface area contributed by atoms with Gasteiger partial charge in [0.15, 0.2) is 17.4 Å². The van der Waals surface area contributed by atoms with E-state index in [1.54, 1.807) is 16.8 Å². The predicted octanol–water partition coefficient (Wildman–Crippen LogP) is 5.06. The van der Waals surface area contributed by atoms with Crippen LogP contribution in [0.15, 0.2) is 78.8 Å². The van der Waals surface area contributed by atoms with Crippen LogP contribution in [0, 0.1) is 5.92 Å².